The number of aromatic nitrogens is 3. The van der Waals surface area contributed by atoms with Crippen molar-refractivity contribution in [2.24, 2.45) is 7.05 Å². The molecule has 1 aliphatic rings. The number of carboxylic acids is 1. The van der Waals surface area contributed by atoms with Crippen LogP contribution in [0.15, 0.2) is 36.5 Å². The van der Waals surface area contributed by atoms with Gasteiger partial charge in [-0.1, -0.05) is 31.7 Å². The summed E-state index contributed by atoms with van der Waals surface area (Å²) in [6, 6.07) is 8.71. The Bertz CT molecular complexity index is 1160. The molecule has 0 saturated heterocycles. The van der Waals surface area contributed by atoms with Gasteiger partial charge in [-0.25, -0.2) is 9.78 Å². The van der Waals surface area contributed by atoms with Crippen molar-refractivity contribution in [1.29, 1.82) is 0 Å². The van der Waals surface area contributed by atoms with Crippen molar-refractivity contribution in [2.75, 3.05) is 11.9 Å². The summed E-state index contributed by atoms with van der Waals surface area (Å²) < 4.78 is 1.73. The number of carboxylic acid groups (broad SMARTS) is 1. The van der Waals surface area contributed by atoms with E-state index in [4.69, 9.17) is 4.98 Å². The number of unbranched alkanes of at least 4 members (excludes halogenated alkanes) is 4. The van der Waals surface area contributed by atoms with Crippen molar-refractivity contribution in [3.05, 3.63) is 53.3 Å². The standard InChI is InChI=1S/C26H33N5O3/c1-31-23-14-12-19(16-20(23)17-28-31)25(32)30-22(26(33)34)10-6-4-2-3-5-9-21-13-11-18-8-7-15-27-24(18)29-21/h11-14,16-17,22H,2-10,15H2,1H3,(H,27,29)(H,30,32)(H,33,34)/t22-/m0/s1. The third kappa shape index (κ3) is 5.92. The van der Waals surface area contributed by atoms with Crippen molar-refractivity contribution < 1.29 is 14.7 Å². The van der Waals surface area contributed by atoms with Crippen LogP contribution >= 0.6 is 0 Å². The summed E-state index contributed by atoms with van der Waals surface area (Å²) in [5.41, 5.74) is 3.81. The van der Waals surface area contributed by atoms with Crippen LogP contribution in [0.3, 0.4) is 0 Å². The molecule has 0 aliphatic carbocycles. The van der Waals surface area contributed by atoms with Crippen LogP contribution in [0.1, 0.15) is 66.6 Å². The SMILES string of the molecule is Cn1ncc2cc(C(=O)N[C@@H](CCCCCCCc3ccc4c(n3)NCCC4)C(=O)O)ccc21. The van der Waals surface area contributed by atoms with Crippen LogP contribution in [-0.4, -0.2) is 44.3 Å². The number of amides is 1. The van der Waals surface area contributed by atoms with Crippen molar-refractivity contribution in [3.8, 4) is 0 Å². The second kappa shape index (κ2) is 11.1. The lowest BCUT2D eigenvalue weighted by Gasteiger charge is -2.17. The van der Waals surface area contributed by atoms with Gasteiger partial charge in [0.15, 0.2) is 0 Å². The number of hydrogen-bond donors (Lipinski definition) is 3. The molecule has 0 radical (unpaired) electrons. The van der Waals surface area contributed by atoms with Gasteiger partial charge in [0, 0.05) is 30.2 Å². The largest absolute Gasteiger partial charge is 0.480 e. The summed E-state index contributed by atoms with van der Waals surface area (Å²) in [7, 11) is 1.84. The maximum atomic E-state index is 12.6. The molecule has 1 atom stereocenters. The third-order valence-corrected chi connectivity index (χ3v) is 6.49. The highest BCUT2D eigenvalue weighted by atomic mass is 16.4. The van der Waals surface area contributed by atoms with E-state index >= 15 is 0 Å². The van der Waals surface area contributed by atoms with Crippen LogP contribution in [0.2, 0.25) is 0 Å². The van der Waals surface area contributed by atoms with E-state index in [9.17, 15) is 14.7 Å². The Labute approximate surface area is 199 Å². The minimum absolute atomic E-state index is 0.370. The molecule has 0 unspecified atom stereocenters. The van der Waals surface area contributed by atoms with Gasteiger partial charge in [-0.15, -0.1) is 0 Å². The number of fused-ring (bicyclic) bond motifs is 2. The zero-order valence-corrected chi connectivity index (χ0v) is 19.7. The fourth-order valence-electron chi connectivity index (χ4n) is 4.50. The highest BCUT2D eigenvalue weighted by Gasteiger charge is 2.20. The lowest BCUT2D eigenvalue weighted by Crippen LogP contribution is -2.40. The molecular formula is C26H33N5O3. The fraction of sp³-hybridized carbons (Fsp3) is 0.462. The Kier molecular flexibility index (Phi) is 7.77. The van der Waals surface area contributed by atoms with E-state index in [1.165, 1.54) is 12.0 Å². The van der Waals surface area contributed by atoms with Crippen LogP contribution in [0.4, 0.5) is 5.82 Å². The molecule has 3 aromatic rings. The molecule has 34 heavy (non-hydrogen) atoms. The number of anilines is 1. The number of aliphatic carboxylic acids is 1. The van der Waals surface area contributed by atoms with E-state index in [1.54, 1.807) is 23.0 Å². The zero-order chi connectivity index (χ0) is 23.9. The Morgan fingerprint density at radius 1 is 1.15 bits per heavy atom. The maximum Gasteiger partial charge on any atom is 0.326 e. The Morgan fingerprint density at radius 2 is 1.97 bits per heavy atom. The van der Waals surface area contributed by atoms with Crippen LogP contribution in [0, 0.1) is 0 Å². The Balaban J connectivity index is 1.16. The number of hydrogen-bond acceptors (Lipinski definition) is 5. The van der Waals surface area contributed by atoms with Gasteiger partial charge in [0.25, 0.3) is 5.91 Å². The third-order valence-electron chi connectivity index (χ3n) is 6.49. The number of nitrogens with one attached hydrogen (secondary N) is 2. The minimum Gasteiger partial charge on any atom is -0.480 e. The summed E-state index contributed by atoms with van der Waals surface area (Å²) in [5, 5.41) is 20.6. The summed E-state index contributed by atoms with van der Waals surface area (Å²) in [6.07, 6.45) is 10.3. The summed E-state index contributed by atoms with van der Waals surface area (Å²) >= 11 is 0. The second-order valence-corrected chi connectivity index (χ2v) is 9.05. The molecule has 0 fully saturated rings. The first-order valence-corrected chi connectivity index (χ1v) is 12.2. The highest BCUT2D eigenvalue weighted by Crippen LogP contribution is 2.21. The number of carbonyl (C=O) groups excluding carboxylic acids is 1. The van der Waals surface area contributed by atoms with Gasteiger partial charge in [0.1, 0.15) is 11.9 Å². The number of benzene rings is 1. The molecule has 0 bridgehead atoms. The normalized spacial score (nSPS) is 13.8. The highest BCUT2D eigenvalue weighted by molar-refractivity contribution is 5.99. The molecule has 8 heteroatoms. The maximum absolute atomic E-state index is 12.6. The molecule has 1 aliphatic heterocycles. The fourth-order valence-corrected chi connectivity index (χ4v) is 4.50. The van der Waals surface area contributed by atoms with Gasteiger partial charge >= 0.3 is 5.97 Å². The molecule has 0 saturated carbocycles. The van der Waals surface area contributed by atoms with Gasteiger partial charge in [-0.05, 0) is 61.9 Å². The number of pyridine rings is 1. The van der Waals surface area contributed by atoms with E-state index in [2.05, 4.69) is 27.9 Å². The van der Waals surface area contributed by atoms with Crippen LogP contribution in [0.25, 0.3) is 10.9 Å². The van der Waals surface area contributed by atoms with Crippen molar-refractivity contribution in [2.45, 2.75) is 63.8 Å². The molecule has 3 heterocycles. The average Bonchev–Trinajstić information content (AvgIpc) is 3.22. The second-order valence-electron chi connectivity index (χ2n) is 9.05. The van der Waals surface area contributed by atoms with Gasteiger partial charge in [-0.3, -0.25) is 9.48 Å². The molecule has 180 valence electrons. The van der Waals surface area contributed by atoms with E-state index < -0.39 is 12.0 Å². The molecule has 0 spiro atoms. The predicted octanol–water partition coefficient (Wildman–Crippen LogP) is 4.09. The molecule has 4 rings (SSSR count). The van der Waals surface area contributed by atoms with Crippen LogP contribution in [-0.2, 0) is 24.7 Å². The Hall–Kier alpha value is -3.42. The average molecular weight is 464 g/mol. The predicted molar refractivity (Wildman–Crippen MR) is 132 cm³/mol. The first-order chi connectivity index (χ1) is 16.5. The molecule has 3 N–H and O–H groups in total. The number of rotatable bonds is 11. The molecule has 8 nitrogen and oxygen atoms in total. The minimum atomic E-state index is -0.997. The van der Waals surface area contributed by atoms with E-state index in [1.807, 2.05) is 13.1 Å². The van der Waals surface area contributed by atoms with E-state index in [-0.39, 0.29) is 5.91 Å². The van der Waals surface area contributed by atoms with Crippen molar-refractivity contribution in [3.63, 3.8) is 0 Å². The van der Waals surface area contributed by atoms with Gasteiger partial charge in [0.05, 0.1) is 11.7 Å². The van der Waals surface area contributed by atoms with Crippen LogP contribution < -0.4 is 10.6 Å². The number of carbonyl (C=O) groups is 2. The number of nitrogens with zero attached hydrogens (tertiary/aromatic N) is 3. The van der Waals surface area contributed by atoms with Gasteiger partial charge < -0.3 is 15.7 Å². The van der Waals surface area contributed by atoms with E-state index in [0.717, 1.165) is 73.9 Å². The quantitative estimate of drug-likeness (QED) is 0.370. The molecule has 1 amide bonds. The van der Waals surface area contributed by atoms with Gasteiger partial charge in [0.2, 0.25) is 0 Å². The first kappa shape index (κ1) is 23.7. The van der Waals surface area contributed by atoms with Gasteiger partial charge in [-0.2, -0.15) is 5.10 Å². The topological polar surface area (TPSA) is 109 Å². The van der Waals surface area contributed by atoms with Crippen LogP contribution in [0.5, 0.6) is 0 Å². The van der Waals surface area contributed by atoms with Crippen molar-refractivity contribution >= 4 is 28.6 Å². The summed E-state index contributed by atoms with van der Waals surface area (Å²) in [6.45, 7) is 1.00. The van der Waals surface area contributed by atoms with Crippen molar-refractivity contribution in [1.82, 2.24) is 20.1 Å². The molecule has 1 aromatic carbocycles. The lowest BCUT2D eigenvalue weighted by atomic mass is 10.0. The first-order valence-electron chi connectivity index (χ1n) is 12.2. The smallest absolute Gasteiger partial charge is 0.326 e. The molecular weight excluding hydrogens is 430 g/mol. The number of aryl methyl sites for hydroxylation is 3. The lowest BCUT2D eigenvalue weighted by molar-refractivity contribution is -0.139. The monoisotopic (exact) mass is 463 g/mol. The zero-order valence-electron chi connectivity index (χ0n) is 19.7. The summed E-state index contributed by atoms with van der Waals surface area (Å²) in [5.74, 6) is -0.320. The Morgan fingerprint density at radius 3 is 2.82 bits per heavy atom. The summed E-state index contributed by atoms with van der Waals surface area (Å²) in [4.78, 5) is 29.0. The van der Waals surface area contributed by atoms with E-state index in [0.29, 0.717) is 12.0 Å². The molecule has 2 aromatic heterocycles.